The van der Waals surface area contributed by atoms with Gasteiger partial charge in [-0.3, -0.25) is 9.59 Å². The molecule has 0 aliphatic carbocycles. The van der Waals surface area contributed by atoms with Gasteiger partial charge in [0, 0.05) is 11.3 Å². The molecule has 3 rings (SSSR count). The average Bonchev–Trinajstić information content (AvgIpc) is 2.83. The maximum absolute atomic E-state index is 12.9. The summed E-state index contributed by atoms with van der Waals surface area (Å²) >= 11 is 0. The van der Waals surface area contributed by atoms with Gasteiger partial charge in [0.25, 0.3) is 5.91 Å². The van der Waals surface area contributed by atoms with Crippen LogP contribution in [0.4, 0.5) is 5.69 Å². The van der Waals surface area contributed by atoms with Crippen LogP contribution < -0.4 is 10.8 Å². The van der Waals surface area contributed by atoms with Crippen molar-refractivity contribution in [2.45, 2.75) is 50.5 Å². The van der Waals surface area contributed by atoms with Crippen molar-refractivity contribution in [1.82, 2.24) is 5.48 Å². The van der Waals surface area contributed by atoms with Crippen molar-refractivity contribution in [1.29, 1.82) is 0 Å². The molecule has 6 N–H and O–H groups in total. The van der Waals surface area contributed by atoms with Crippen LogP contribution in [0.5, 0.6) is 0 Å². The lowest BCUT2D eigenvalue weighted by atomic mass is 9.87. The largest absolute Gasteiger partial charge is 0.394 e. The fourth-order valence-electron chi connectivity index (χ4n) is 3.76. The standard InChI is InChI=1S/C24H30N2O8/c1-13(2)18(14-6-4-3-5-7-14)23(32)25-16-10-8-15(9-11-16)22(31)26-34-24-21(30)20(29)19(28)17(12-27)33-24/h3-11,13,17-21,24,27-30H,12H2,1-2H3,(H,25,32)(H,26,31)/t17-,18?,19+,20+,21-,24+/m1/s1. The first kappa shape index (κ1) is 25.8. The number of anilines is 1. The van der Waals surface area contributed by atoms with E-state index < -0.39 is 43.2 Å². The summed E-state index contributed by atoms with van der Waals surface area (Å²) in [5, 5.41) is 41.6. The van der Waals surface area contributed by atoms with E-state index in [2.05, 4.69) is 10.8 Å². The third kappa shape index (κ3) is 5.98. The summed E-state index contributed by atoms with van der Waals surface area (Å²) < 4.78 is 5.16. The van der Waals surface area contributed by atoms with Crippen molar-refractivity contribution in [2.24, 2.45) is 5.92 Å². The highest BCUT2D eigenvalue weighted by Crippen LogP contribution is 2.26. The molecule has 1 aliphatic rings. The molecule has 1 aliphatic heterocycles. The number of amides is 2. The molecule has 0 saturated carbocycles. The summed E-state index contributed by atoms with van der Waals surface area (Å²) in [4.78, 5) is 30.3. The molecule has 0 aromatic heterocycles. The Balaban J connectivity index is 1.58. The summed E-state index contributed by atoms with van der Waals surface area (Å²) in [7, 11) is 0. The molecule has 2 aromatic rings. The summed E-state index contributed by atoms with van der Waals surface area (Å²) in [6, 6.07) is 15.6. The van der Waals surface area contributed by atoms with Crippen LogP contribution in [0, 0.1) is 5.92 Å². The van der Waals surface area contributed by atoms with Crippen molar-refractivity contribution < 1.29 is 39.6 Å². The molecule has 10 heteroatoms. The van der Waals surface area contributed by atoms with Crippen molar-refractivity contribution >= 4 is 17.5 Å². The Morgan fingerprint density at radius 2 is 1.62 bits per heavy atom. The van der Waals surface area contributed by atoms with Crippen LogP contribution in [0.2, 0.25) is 0 Å². The SMILES string of the molecule is CC(C)C(C(=O)Nc1ccc(C(=O)NO[C@@H]2O[C@H](CO)[C@H](O)[C@H](O)[C@H]2O)cc1)c1ccccc1. The van der Waals surface area contributed by atoms with Crippen LogP contribution in [-0.2, 0) is 14.4 Å². The molecule has 184 valence electrons. The van der Waals surface area contributed by atoms with E-state index in [4.69, 9.17) is 9.57 Å². The maximum Gasteiger partial charge on any atom is 0.274 e. The predicted molar refractivity (Wildman–Crippen MR) is 121 cm³/mol. The molecule has 0 spiro atoms. The van der Waals surface area contributed by atoms with Gasteiger partial charge in [-0.25, -0.2) is 10.3 Å². The molecule has 0 bridgehead atoms. The molecule has 2 aromatic carbocycles. The zero-order valence-electron chi connectivity index (χ0n) is 18.9. The van der Waals surface area contributed by atoms with E-state index >= 15 is 0 Å². The molecule has 6 atom stereocenters. The lowest BCUT2D eigenvalue weighted by Gasteiger charge is -2.39. The summed E-state index contributed by atoms with van der Waals surface area (Å²) in [6.07, 6.45) is -7.45. The number of nitrogens with one attached hydrogen (secondary N) is 2. The molecule has 34 heavy (non-hydrogen) atoms. The number of benzene rings is 2. The highest BCUT2D eigenvalue weighted by molar-refractivity contribution is 5.97. The molecule has 1 unspecified atom stereocenters. The molecule has 0 radical (unpaired) electrons. The second kappa shape index (κ2) is 11.5. The minimum atomic E-state index is -1.64. The Labute approximate surface area is 197 Å². The average molecular weight is 475 g/mol. The summed E-state index contributed by atoms with van der Waals surface area (Å²) in [5.41, 5.74) is 3.73. The monoisotopic (exact) mass is 474 g/mol. The van der Waals surface area contributed by atoms with Crippen molar-refractivity contribution in [3.8, 4) is 0 Å². The first-order chi connectivity index (χ1) is 16.2. The van der Waals surface area contributed by atoms with Crippen molar-refractivity contribution in [3.63, 3.8) is 0 Å². The van der Waals surface area contributed by atoms with Gasteiger partial charge in [0.15, 0.2) is 0 Å². The van der Waals surface area contributed by atoms with E-state index in [1.54, 1.807) is 12.1 Å². The zero-order chi connectivity index (χ0) is 24.8. The molecule has 1 fully saturated rings. The Bertz CT molecular complexity index is 951. The van der Waals surface area contributed by atoms with E-state index in [1.165, 1.54) is 12.1 Å². The van der Waals surface area contributed by atoms with Gasteiger partial charge >= 0.3 is 0 Å². The second-order valence-corrected chi connectivity index (χ2v) is 8.45. The van der Waals surface area contributed by atoms with Crippen LogP contribution in [0.25, 0.3) is 0 Å². The number of hydrogen-bond donors (Lipinski definition) is 6. The van der Waals surface area contributed by atoms with E-state index in [-0.39, 0.29) is 23.3 Å². The first-order valence-electron chi connectivity index (χ1n) is 10.9. The van der Waals surface area contributed by atoms with Gasteiger partial charge in [0.2, 0.25) is 12.2 Å². The number of aliphatic hydroxyl groups is 4. The molecule has 1 saturated heterocycles. The topological polar surface area (TPSA) is 158 Å². The third-order valence-corrected chi connectivity index (χ3v) is 5.64. The number of hydrogen-bond acceptors (Lipinski definition) is 8. The maximum atomic E-state index is 12.9. The zero-order valence-corrected chi connectivity index (χ0v) is 18.9. The molecule has 10 nitrogen and oxygen atoms in total. The van der Waals surface area contributed by atoms with Crippen LogP contribution in [0.3, 0.4) is 0 Å². The van der Waals surface area contributed by atoms with Crippen LogP contribution >= 0.6 is 0 Å². The van der Waals surface area contributed by atoms with Crippen molar-refractivity contribution in [3.05, 3.63) is 65.7 Å². The normalized spacial score (nSPS) is 25.6. The molecular weight excluding hydrogens is 444 g/mol. The minimum Gasteiger partial charge on any atom is -0.394 e. The first-order valence-corrected chi connectivity index (χ1v) is 10.9. The van der Waals surface area contributed by atoms with Gasteiger partial charge in [-0.2, -0.15) is 0 Å². The van der Waals surface area contributed by atoms with Crippen LogP contribution in [-0.4, -0.2) is 69.6 Å². The Hall–Kier alpha value is -2.86. The lowest BCUT2D eigenvalue weighted by molar-refractivity contribution is -0.311. The fraction of sp³-hybridized carbons (Fsp3) is 0.417. The van der Waals surface area contributed by atoms with E-state index in [9.17, 15) is 30.0 Å². The van der Waals surface area contributed by atoms with E-state index in [1.807, 2.05) is 44.2 Å². The van der Waals surface area contributed by atoms with Gasteiger partial charge in [0.1, 0.15) is 24.4 Å². The highest BCUT2D eigenvalue weighted by Gasteiger charge is 2.44. The number of aliphatic hydroxyl groups excluding tert-OH is 4. The third-order valence-electron chi connectivity index (χ3n) is 5.64. The van der Waals surface area contributed by atoms with Gasteiger partial charge in [-0.15, -0.1) is 0 Å². The smallest absolute Gasteiger partial charge is 0.274 e. The molecule has 1 heterocycles. The van der Waals surface area contributed by atoms with E-state index in [0.29, 0.717) is 5.69 Å². The van der Waals surface area contributed by atoms with Gasteiger partial charge in [-0.05, 0) is 35.7 Å². The van der Waals surface area contributed by atoms with Gasteiger partial charge in [0.05, 0.1) is 12.5 Å². The summed E-state index contributed by atoms with van der Waals surface area (Å²) in [5.74, 6) is -1.09. The predicted octanol–water partition coefficient (Wildman–Crippen LogP) is 0.526. The van der Waals surface area contributed by atoms with Crippen molar-refractivity contribution in [2.75, 3.05) is 11.9 Å². The number of rotatable bonds is 8. The number of carbonyl (C=O) groups is 2. The molecular formula is C24H30N2O8. The van der Waals surface area contributed by atoms with E-state index in [0.717, 1.165) is 5.56 Å². The van der Waals surface area contributed by atoms with Gasteiger partial charge in [-0.1, -0.05) is 44.2 Å². The minimum absolute atomic E-state index is 0.0759. The lowest BCUT2D eigenvalue weighted by Crippen LogP contribution is -2.60. The number of ether oxygens (including phenoxy) is 1. The molecule has 2 amide bonds. The highest BCUT2D eigenvalue weighted by atomic mass is 16.8. The number of carbonyl (C=O) groups excluding carboxylic acids is 2. The summed E-state index contributed by atoms with van der Waals surface area (Å²) in [6.45, 7) is 3.33. The Morgan fingerprint density at radius 3 is 2.21 bits per heavy atom. The Morgan fingerprint density at radius 1 is 0.971 bits per heavy atom. The quantitative estimate of drug-likeness (QED) is 0.302. The Kier molecular flexibility index (Phi) is 8.72. The van der Waals surface area contributed by atoms with Gasteiger partial charge < -0.3 is 30.5 Å². The van der Waals surface area contributed by atoms with Crippen LogP contribution in [0.1, 0.15) is 35.7 Å². The fourth-order valence-corrected chi connectivity index (χ4v) is 3.76. The van der Waals surface area contributed by atoms with Crippen LogP contribution in [0.15, 0.2) is 54.6 Å². The number of hydroxylamine groups is 1. The second-order valence-electron chi connectivity index (χ2n) is 8.45.